The highest BCUT2D eigenvalue weighted by Gasteiger charge is 2.19. The van der Waals surface area contributed by atoms with E-state index in [9.17, 15) is 8.42 Å². The molecule has 7 heteroatoms. The summed E-state index contributed by atoms with van der Waals surface area (Å²) in [5, 5.41) is 0. The van der Waals surface area contributed by atoms with E-state index >= 15 is 0 Å². The van der Waals surface area contributed by atoms with Crippen LogP contribution in [0.4, 0.5) is 0 Å². The second-order valence-corrected chi connectivity index (χ2v) is 6.76. The Kier molecular flexibility index (Phi) is 6.19. The maximum atomic E-state index is 12.2. The highest BCUT2D eigenvalue weighted by molar-refractivity contribution is 7.89. The number of hydrogen-bond acceptors (Lipinski definition) is 4. The molecule has 6 nitrogen and oxygen atoms in total. The van der Waals surface area contributed by atoms with Crippen molar-refractivity contribution >= 4 is 10.0 Å². The number of hydrogen-bond donors (Lipinski definition) is 2. The number of nitrogens with two attached hydrogens (primary N) is 1. The predicted octanol–water partition coefficient (Wildman–Crippen LogP) is 1.23. The van der Waals surface area contributed by atoms with Gasteiger partial charge in [-0.25, -0.2) is 13.1 Å². The van der Waals surface area contributed by atoms with E-state index in [-0.39, 0.29) is 23.6 Å². The SMILES string of the molecule is CCOC(C)CNS(=O)(=O)c1cc(CN)n(C(C)C)c1. The zero-order chi connectivity index (χ0) is 15.3. The largest absolute Gasteiger partial charge is 0.377 e. The Morgan fingerprint density at radius 1 is 1.40 bits per heavy atom. The Bertz CT molecular complexity index is 523. The fraction of sp³-hybridized carbons (Fsp3) is 0.692. The lowest BCUT2D eigenvalue weighted by molar-refractivity contribution is 0.0799. The third kappa shape index (κ3) is 4.31. The Labute approximate surface area is 121 Å². The van der Waals surface area contributed by atoms with Gasteiger partial charge in [0.2, 0.25) is 10.0 Å². The van der Waals surface area contributed by atoms with Crippen LogP contribution in [0, 0.1) is 0 Å². The number of ether oxygens (including phenoxy) is 1. The van der Waals surface area contributed by atoms with E-state index in [0.717, 1.165) is 5.69 Å². The molecule has 3 N–H and O–H groups in total. The first-order chi connectivity index (χ1) is 9.31. The molecule has 1 rings (SSSR count). The number of aromatic nitrogens is 1. The van der Waals surface area contributed by atoms with Gasteiger partial charge < -0.3 is 15.0 Å². The summed E-state index contributed by atoms with van der Waals surface area (Å²) in [5.41, 5.74) is 6.45. The summed E-state index contributed by atoms with van der Waals surface area (Å²) in [6, 6.07) is 1.79. The zero-order valence-electron chi connectivity index (χ0n) is 12.6. The van der Waals surface area contributed by atoms with Crippen molar-refractivity contribution in [1.29, 1.82) is 0 Å². The van der Waals surface area contributed by atoms with E-state index in [1.807, 2.05) is 32.3 Å². The minimum atomic E-state index is -3.53. The molecule has 1 heterocycles. The van der Waals surface area contributed by atoms with Crippen LogP contribution in [-0.4, -0.2) is 32.2 Å². The molecule has 20 heavy (non-hydrogen) atoms. The van der Waals surface area contributed by atoms with Crippen molar-refractivity contribution in [2.75, 3.05) is 13.2 Å². The molecule has 116 valence electrons. The number of sulfonamides is 1. The standard InChI is InChI=1S/C13H25N3O3S/c1-5-19-11(4)8-15-20(17,18)13-6-12(7-14)16(9-13)10(2)3/h6,9-11,15H,5,7-8,14H2,1-4H3. The molecule has 0 spiro atoms. The van der Waals surface area contributed by atoms with Crippen molar-refractivity contribution in [3.8, 4) is 0 Å². The van der Waals surface area contributed by atoms with Crippen LogP contribution in [0.5, 0.6) is 0 Å². The van der Waals surface area contributed by atoms with Crippen molar-refractivity contribution in [3.05, 3.63) is 18.0 Å². The summed E-state index contributed by atoms with van der Waals surface area (Å²) in [6.45, 7) is 8.80. The van der Waals surface area contributed by atoms with E-state index in [0.29, 0.717) is 13.2 Å². The molecule has 0 fully saturated rings. The van der Waals surface area contributed by atoms with Crippen LogP contribution in [0.2, 0.25) is 0 Å². The fourth-order valence-corrected chi connectivity index (χ4v) is 3.11. The van der Waals surface area contributed by atoms with Crippen molar-refractivity contribution in [2.45, 2.75) is 51.3 Å². The summed E-state index contributed by atoms with van der Waals surface area (Å²) in [7, 11) is -3.53. The van der Waals surface area contributed by atoms with Crippen molar-refractivity contribution in [2.24, 2.45) is 5.73 Å². The molecule has 1 unspecified atom stereocenters. The van der Waals surface area contributed by atoms with E-state index in [2.05, 4.69) is 4.72 Å². The summed E-state index contributed by atoms with van der Waals surface area (Å²) in [6.07, 6.45) is 1.47. The Balaban J connectivity index is 2.87. The summed E-state index contributed by atoms with van der Waals surface area (Å²) in [5.74, 6) is 0. The van der Waals surface area contributed by atoms with Crippen molar-refractivity contribution in [3.63, 3.8) is 0 Å². The van der Waals surface area contributed by atoms with Crippen LogP contribution in [0.3, 0.4) is 0 Å². The third-order valence-electron chi connectivity index (χ3n) is 2.99. The van der Waals surface area contributed by atoms with Crippen LogP contribution in [0.1, 0.15) is 39.4 Å². The minimum absolute atomic E-state index is 0.157. The quantitative estimate of drug-likeness (QED) is 0.756. The van der Waals surface area contributed by atoms with Crippen LogP contribution in [0.15, 0.2) is 17.2 Å². The molecule has 1 atom stereocenters. The molecular weight excluding hydrogens is 278 g/mol. The highest BCUT2D eigenvalue weighted by Crippen LogP contribution is 2.18. The normalized spacial score (nSPS) is 13.9. The van der Waals surface area contributed by atoms with Gasteiger partial charge >= 0.3 is 0 Å². The molecule has 0 amide bonds. The van der Waals surface area contributed by atoms with Crippen LogP contribution < -0.4 is 10.5 Å². The first-order valence-electron chi connectivity index (χ1n) is 6.83. The first-order valence-corrected chi connectivity index (χ1v) is 8.32. The van der Waals surface area contributed by atoms with Gasteiger partial charge in [0.25, 0.3) is 0 Å². The molecule has 0 saturated heterocycles. The van der Waals surface area contributed by atoms with E-state index in [1.165, 1.54) is 0 Å². The highest BCUT2D eigenvalue weighted by atomic mass is 32.2. The maximum absolute atomic E-state index is 12.2. The molecule has 0 radical (unpaired) electrons. The minimum Gasteiger partial charge on any atom is -0.377 e. The van der Waals surface area contributed by atoms with Gasteiger partial charge in [-0.15, -0.1) is 0 Å². The molecule has 0 aliphatic rings. The van der Waals surface area contributed by atoms with Gasteiger partial charge in [-0.2, -0.15) is 0 Å². The van der Waals surface area contributed by atoms with Crippen LogP contribution in [-0.2, 0) is 21.3 Å². The van der Waals surface area contributed by atoms with Gasteiger partial charge in [0, 0.05) is 37.6 Å². The molecule has 0 saturated carbocycles. The van der Waals surface area contributed by atoms with Crippen molar-refractivity contribution < 1.29 is 13.2 Å². The lowest BCUT2D eigenvalue weighted by Gasteiger charge is -2.12. The molecule has 1 aromatic rings. The van der Waals surface area contributed by atoms with Gasteiger partial charge in [-0.05, 0) is 33.8 Å². The van der Waals surface area contributed by atoms with Gasteiger partial charge in [-0.3, -0.25) is 0 Å². The van der Waals surface area contributed by atoms with E-state index in [4.69, 9.17) is 10.5 Å². The van der Waals surface area contributed by atoms with Crippen LogP contribution >= 0.6 is 0 Å². The summed E-state index contributed by atoms with van der Waals surface area (Å²) >= 11 is 0. The number of rotatable bonds is 8. The van der Waals surface area contributed by atoms with Gasteiger partial charge in [0.15, 0.2) is 0 Å². The Hall–Kier alpha value is -0.890. The van der Waals surface area contributed by atoms with Gasteiger partial charge in [-0.1, -0.05) is 0 Å². The Morgan fingerprint density at radius 2 is 2.05 bits per heavy atom. The Morgan fingerprint density at radius 3 is 2.50 bits per heavy atom. The fourth-order valence-electron chi connectivity index (χ4n) is 1.94. The van der Waals surface area contributed by atoms with Gasteiger partial charge in [0.05, 0.1) is 11.0 Å². The summed E-state index contributed by atoms with van der Waals surface area (Å²) < 4.78 is 34.2. The van der Waals surface area contributed by atoms with Gasteiger partial charge in [0.1, 0.15) is 0 Å². The van der Waals surface area contributed by atoms with E-state index in [1.54, 1.807) is 12.3 Å². The molecule has 0 aliphatic carbocycles. The third-order valence-corrected chi connectivity index (χ3v) is 4.39. The average molecular weight is 303 g/mol. The second-order valence-electron chi connectivity index (χ2n) is 4.99. The average Bonchev–Trinajstić information content (AvgIpc) is 2.82. The topological polar surface area (TPSA) is 86.3 Å². The molecule has 0 aliphatic heterocycles. The second kappa shape index (κ2) is 7.21. The van der Waals surface area contributed by atoms with Crippen LogP contribution in [0.25, 0.3) is 0 Å². The predicted molar refractivity (Wildman–Crippen MR) is 79.0 cm³/mol. The molecular formula is C13H25N3O3S. The molecule has 1 aromatic heterocycles. The van der Waals surface area contributed by atoms with Crippen molar-refractivity contribution in [1.82, 2.24) is 9.29 Å². The lowest BCUT2D eigenvalue weighted by Crippen LogP contribution is -2.32. The van der Waals surface area contributed by atoms with E-state index < -0.39 is 10.0 Å². The maximum Gasteiger partial charge on any atom is 0.242 e. The number of nitrogens with one attached hydrogen (secondary N) is 1. The molecule has 0 aromatic carbocycles. The summed E-state index contributed by atoms with van der Waals surface area (Å²) in [4.78, 5) is 0.246. The zero-order valence-corrected chi connectivity index (χ0v) is 13.4. The number of nitrogens with zero attached hydrogens (tertiary/aromatic N) is 1. The molecule has 0 bridgehead atoms. The smallest absolute Gasteiger partial charge is 0.242 e. The lowest BCUT2D eigenvalue weighted by atomic mass is 10.3. The first kappa shape index (κ1) is 17.2. The monoisotopic (exact) mass is 303 g/mol.